The zero-order valence-electron chi connectivity index (χ0n) is 24.9. The fourth-order valence-electron chi connectivity index (χ4n) is 5.70. The smallest absolute Gasteiger partial charge is 0.197 e. The molecule has 0 radical (unpaired) electrons. The third-order valence-corrected chi connectivity index (χ3v) is 7.96. The van der Waals surface area contributed by atoms with Gasteiger partial charge in [-0.25, -0.2) is 0 Å². The van der Waals surface area contributed by atoms with Crippen LogP contribution in [-0.2, 0) is 0 Å². The molecule has 0 saturated heterocycles. The van der Waals surface area contributed by atoms with Gasteiger partial charge >= 0.3 is 0 Å². The predicted molar refractivity (Wildman–Crippen MR) is 178 cm³/mol. The number of aliphatic imine (C=N–C) groups is 2. The Morgan fingerprint density at radius 2 is 0.900 bits per heavy atom. The predicted octanol–water partition coefficient (Wildman–Crippen LogP) is 7.98. The summed E-state index contributed by atoms with van der Waals surface area (Å²) in [5.41, 5.74) is 5.10. The van der Waals surface area contributed by atoms with Crippen molar-refractivity contribution in [2.24, 2.45) is 9.98 Å². The molecule has 222 valence electrons. The molecule has 0 bridgehead atoms. The molecule has 0 amide bonds. The Morgan fingerprint density at radius 3 is 1.20 bits per heavy atom. The Bertz CT molecular complexity index is 953. The molecule has 0 unspecified atom stereocenters. The van der Waals surface area contributed by atoms with Crippen molar-refractivity contribution in [1.29, 1.82) is 0 Å². The van der Waals surface area contributed by atoms with Gasteiger partial charge in [-0.3, -0.25) is 9.98 Å². The number of nitrogens with zero attached hydrogens (tertiary/aromatic N) is 4. The number of benzene rings is 2. The molecule has 40 heavy (non-hydrogen) atoms. The van der Waals surface area contributed by atoms with Gasteiger partial charge in [0, 0.05) is 39.6 Å². The first-order valence-electron chi connectivity index (χ1n) is 14.7. The number of hydrogen-bond donors (Lipinski definition) is 2. The van der Waals surface area contributed by atoms with Gasteiger partial charge in [0.1, 0.15) is 0 Å². The lowest BCUT2D eigenvalue weighted by atomic mass is 9.84. The molecule has 0 heterocycles. The molecule has 2 aliphatic carbocycles. The third-order valence-electron chi connectivity index (χ3n) is 7.96. The van der Waals surface area contributed by atoms with E-state index >= 15 is 0 Å². The van der Waals surface area contributed by atoms with Crippen LogP contribution < -0.4 is 10.6 Å². The van der Waals surface area contributed by atoms with E-state index in [0.717, 1.165) is 35.1 Å². The highest BCUT2D eigenvalue weighted by Gasteiger charge is 2.16. The molecular weight excluding hydrogens is 539 g/mol. The Labute approximate surface area is 254 Å². The maximum absolute atomic E-state index is 4.81. The van der Waals surface area contributed by atoms with Crippen molar-refractivity contribution >= 4 is 48.1 Å². The van der Waals surface area contributed by atoms with Crippen LogP contribution in [0.15, 0.2) is 58.5 Å². The maximum Gasteiger partial charge on any atom is 0.197 e. The van der Waals surface area contributed by atoms with Crippen molar-refractivity contribution in [3.63, 3.8) is 0 Å². The Balaban J connectivity index is 0.00000280. The van der Waals surface area contributed by atoms with Gasteiger partial charge in [0.2, 0.25) is 0 Å². The minimum absolute atomic E-state index is 0. The first-order chi connectivity index (χ1) is 18.5. The number of halogens is 2. The first-order valence-corrected chi connectivity index (χ1v) is 14.7. The van der Waals surface area contributed by atoms with E-state index in [9.17, 15) is 0 Å². The summed E-state index contributed by atoms with van der Waals surface area (Å²) >= 11 is 0. The van der Waals surface area contributed by atoms with Gasteiger partial charge in [-0.2, -0.15) is 0 Å². The summed E-state index contributed by atoms with van der Waals surface area (Å²) < 4.78 is 0. The fourth-order valence-corrected chi connectivity index (χ4v) is 5.70. The zero-order valence-corrected chi connectivity index (χ0v) is 26.5. The van der Waals surface area contributed by atoms with Crippen molar-refractivity contribution < 1.29 is 0 Å². The SMILES string of the molecule is CN(C)C(=NCCN=C(Nc1ccc(C2CCCCC2)cc1)N(C)C)Nc1ccc(C2CCCCC2)cc1.Cl.Cl. The van der Waals surface area contributed by atoms with E-state index in [1.165, 1.54) is 75.3 Å². The van der Waals surface area contributed by atoms with Crippen LogP contribution in [0.2, 0.25) is 0 Å². The zero-order chi connectivity index (χ0) is 26.7. The van der Waals surface area contributed by atoms with Gasteiger partial charge in [0.15, 0.2) is 11.9 Å². The molecule has 2 aromatic carbocycles. The monoisotopic (exact) mass is 588 g/mol. The molecule has 2 saturated carbocycles. The highest BCUT2D eigenvalue weighted by atomic mass is 35.5. The van der Waals surface area contributed by atoms with Crippen LogP contribution in [0, 0.1) is 0 Å². The van der Waals surface area contributed by atoms with E-state index in [4.69, 9.17) is 9.98 Å². The van der Waals surface area contributed by atoms with Crippen LogP contribution in [0.4, 0.5) is 11.4 Å². The lowest BCUT2D eigenvalue weighted by molar-refractivity contribution is 0.443. The Kier molecular flexibility index (Phi) is 14.7. The lowest BCUT2D eigenvalue weighted by Crippen LogP contribution is -2.31. The van der Waals surface area contributed by atoms with E-state index in [1.807, 2.05) is 38.0 Å². The number of rotatable bonds is 7. The summed E-state index contributed by atoms with van der Waals surface area (Å²) in [5.74, 6) is 3.16. The van der Waals surface area contributed by atoms with Gasteiger partial charge < -0.3 is 20.4 Å². The molecule has 2 aromatic rings. The second-order valence-electron chi connectivity index (χ2n) is 11.4. The van der Waals surface area contributed by atoms with E-state index in [-0.39, 0.29) is 24.8 Å². The molecule has 6 nitrogen and oxygen atoms in total. The van der Waals surface area contributed by atoms with Crippen LogP contribution >= 0.6 is 24.8 Å². The van der Waals surface area contributed by atoms with E-state index in [0.29, 0.717) is 13.1 Å². The van der Waals surface area contributed by atoms with Crippen LogP contribution in [-0.4, -0.2) is 63.0 Å². The first kappa shape index (κ1) is 33.8. The molecule has 8 heteroatoms. The molecule has 4 rings (SSSR count). The normalized spacial score (nSPS) is 16.9. The fraction of sp³-hybridized carbons (Fsp3) is 0.562. The molecule has 2 N–H and O–H groups in total. The average molecular weight is 590 g/mol. The van der Waals surface area contributed by atoms with Crippen molar-refractivity contribution in [3.05, 3.63) is 59.7 Å². The minimum atomic E-state index is 0. The average Bonchev–Trinajstić information content (AvgIpc) is 2.95. The molecule has 2 fully saturated rings. The third kappa shape index (κ3) is 10.2. The quantitative estimate of drug-likeness (QED) is 0.195. The number of anilines is 2. The maximum atomic E-state index is 4.81. The van der Waals surface area contributed by atoms with Gasteiger partial charge in [-0.1, -0.05) is 62.8 Å². The van der Waals surface area contributed by atoms with E-state index < -0.39 is 0 Å². The van der Waals surface area contributed by atoms with Crippen LogP contribution in [0.5, 0.6) is 0 Å². The summed E-state index contributed by atoms with van der Waals surface area (Å²) in [5, 5.41) is 6.99. The van der Waals surface area contributed by atoms with Gasteiger partial charge in [-0.05, 0) is 72.9 Å². The highest BCUT2D eigenvalue weighted by Crippen LogP contribution is 2.34. The highest BCUT2D eigenvalue weighted by molar-refractivity contribution is 5.94. The van der Waals surface area contributed by atoms with Crippen molar-refractivity contribution in [1.82, 2.24) is 9.80 Å². The molecule has 0 spiro atoms. The summed E-state index contributed by atoms with van der Waals surface area (Å²) in [6.45, 7) is 1.22. The summed E-state index contributed by atoms with van der Waals surface area (Å²) in [7, 11) is 8.09. The second-order valence-corrected chi connectivity index (χ2v) is 11.4. The molecule has 0 aliphatic heterocycles. The van der Waals surface area contributed by atoms with Crippen molar-refractivity contribution in [3.8, 4) is 0 Å². The molecule has 2 aliphatic rings. The summed E-state index contributed by atoms with van der Waals surface area (Å²) in [4.78, 5) is 13.7. The summed E-state index contributed by atoms with van der Waals surface area (Å²) in [6, 6.07) is 17.9. The van der Waals surface area contributed by atoms with Gasteiger partial charge in [0.05, 0.1) is 13.1 Å². The molecule has 0 aromatic heterocycles. The Hall–Kier alpha value is -2.44. The van der Waals surface area contributed by atoms with Crippen LogP contribution in [0.3, 0.4) is 0 Å². The number of guanidine groups is 2. The largest absolute Gasteiger partial charge is 0.349 e. The van der Waals surface area contributed by atoms with E-state index in [1.54, 1.807) is 0 Å². The van der Waals surface area contributed by atoms with Crippen molar-refractivity contribution in [2.45, 2.75) is 76.0 Å². The number of nitrogens with one attached hydrogen (secondary N) is 2. The Morgan fingerprint density at radius 1 is 0.575 bits per heavy atom. The van der Waals surface area contributed by atoms with Gasteiger partial charge in [-0.15, -0.1) is 24.8 Å². The van der Waals surface area contributed by atoms with E-state index in [2.05, 4.69) is 59.2 Å². The van der Waals surface area contributed by atoms with Crippen LogP contribution in [0.1, 0.15) is 87.2 Å². The topological polar surface area (TPSA) is 55.3 Å². The molecule has 0 atom stereocenters. The van der Waals surface area contributed by atoms with Crippen molar-refractivity contribution in [2.75, 3.05) is 51.9 Å². The van der Waals surface area contributed by atoms with Crippen LogP contribution in [0.25, 0.3) is 0 Å². The minimum Gasteiger partial charge on any atom is -0.349 e. The standard InChI is InChI=1S/C32H48N6.2ClH/c1-37(2)31(35-29-19-15-27(16-20-29)25-11-7-5-8-12-25)33-23-24-34-32(38(3)4)36-30-21-17-28(18-22-30)26-13-9-6-10-14-26;;/h15-22,25-26H,5-14,23-24H2,1-4H3,(H,33,35)(H,34,36);2*1H. The van der Waals surface area contributed by atoms with Gasteiger partial charge in [0.25, 0.3) is 0 Å². The number of hydrogen-bond acceptors (Lipinski definition) is 2. The molecular formula is C32H50Cl2N6. The lowest BCUT2D eigenvalue weighted by Gasteiger charge is -2.23. The second kappa shape index (κ2) is 17.4. The summed E-state index contributed by atoms with van der Waals surface area (Å²) in [6.07, 6.45) is 13.5.